The van der Waals surface area contributed by atoms with Crippen molar-refractivity contribution in [3.05, 3.63) is 64.7 Å². The maximum atomic E-state index is 12.1. The Kier molecular flexibility index (Phi) is 8.05. The van der Waals surface area contributed by atoms with Crippen LogP contribution in [0.4, 0.5) is 22.8 Å². The van der Waals surface area contributed by atoms with Crippen LogP contribution in [0.5, 0.6) is 5.75 Å². The number of alkyl halides is 3. The van der Waals surface area contributed by atoms with E-state index in [4.69, 9.17) is 16.3 Å². The summed E-state index contributed by atoms with van der Waals surface area (Å²) in [7, 11) is 0. The summed E-state index contributed by atoms with van der Waals surface area (Å²) in [5.41, 5.74) is 3.70. The molecule has 0 radical (unpaired) electrons. The quantitative estimate of drug-likeness (QED) is 0.296. The maximum absolute atomic E-state index is 12.1. The van der Waals surface area contributed by atoms with E-state index in [1.165, 1.54) is 24.3 Å². The molecule has 1 amide bonds. The molecule has 7 nitrogen and oxygen atoms in total. The minimum Gasteiger partial charge on any atom is -0.449 e. The fraction of sp³-hybridized carbons (Fsp3) is 0.211. The Morgan fingerprint density at radius 3 is 2.10 bits per heavy atom. The lowest BCUT2D eigenvalue weighted by molar-refractivity contribution is -0.163. The number of amides is 1. The molecule has 2 aromatic carbocycles. The molecule has 0 aliphatic rings. The molecular formula is C19H16ClF3N2O5. The number of benzene rings is 2. The minimum absolute atomic E-state index is 0.0419. The molecule has 0 saturated carbocycles. The van der Waals surface area contributed by atoms with Crippen LogP contribution in [-0.2, 0) is 9.47 Å². The van der Waals surface area contributed by atoms with Gasteiger partial charge in [-0.25, -0.2) is 15.0 Å². The zero-order chi connectivity index (χ0) is 22.1. The van der Waals surface area contributed by atoms with Gasteiger partial charge < -0.3 is 14.2 Å². The van der Waals surface area contributed by atoms with Crippen molar-refractivity contribution in [1.29, 1.82) is 0 Å². The first-order chi connectivity index (χ1) is 14.2. The summed E-state index contributed by atoms with van der Waals surface area (Å²) >= 11 is 5.89. The molecule has 0 bridgehead atoms. The standard InChI is InChI=1S/C19H16ClF3N2O5/c1-2-28-17(26)25-24-16(12-3-7-14(20)8-4-12)13-5-9-15(10-6-13)30-18(27)29-11-19(21,22)23/h3-10H,2,11H2,1H3,(H,25,26). The molecule has 0 heterocycles. The van der Waals surface area contributed by atoms with E-state index in [1.807, 2.05) is 0 Å². The number of ether oxygens (including phenoxy) is 3. The van der Waals surface area contributed by atoms with Crippen LogP contribution in [0.3, 0.4) is 0 Å². The summed E-state index contributed by atoms with van der Waals surface area (Å²) in [6.45, 7) is 0.0484. The van der Waals surface area contributed by atoms with Gasteiger partial charge in [0.25, 0.3) is 0 Å². The van der Waals surface area contributed by atoms with Gasteiger partial charge in [0.2, 0.25) is 0 Å². The largest absolute Gasteiger partial charge is 0.514 e. The van der Waals surface area contributed by atoms with E-state index < -0.39 is 25.0 Å². The smallest absolute Gasteiger partial charge is 0.449 e. The molecule has 30 heavy (non-hydrogen) atoms. The predicted molar refractivity (Wildman–Crippen MR) is 102 cm³/mol. The van der Waals surface area contributed by atoms with E-state index in [-0.39, 0.29) is 12.4 Å². The SMILES string of the molecule is CCOC(=O)NN=C(c1ccc(Cl)cc1)c1ccc(OC(=O)OCC(F)(F)F)cc1. The monoisotopic (exact) mass is 444 g/mol. The summed E-state index contributed by atoms with van der Waals surface area (Å²) < 4.78 is 49.6. The van der Waals surface area contributed by atoms with Gasteiger partial charge in [0.1, 0.15) is 5.75 Å². The van der Waals surface area contributed by atoms with Crippen molar-refractivity contribution in [3.8, 4) is 5.75 Å². The normalized spacial score (nSPS) is 11.6. The van der Waals surface area contributed by atoms with Gasteiger partial charge in [-0.15, -0.1) is 0 Å². The number of hydrogen-bond acceptors (Lipinski definition) is 6. The Morgan fingerprint density at radius 2 is 1.57 bits per heavy atom. The second-order valence-corrected chi connectivity index (χ2v) is 6.02. The van der Waals surface area contributed by atoms with Crippen LogP contribution < -0.4 is 10.2 Å². The fourth-order valence-electron chi connectivity index (χ4n) is 2.12. The maximum Gasteiger partial charge on any atom is 0.514 e. The summed E-state index contributed by atoms with van der Waals surface area (Å²) in [5.74, 6) is -0.0419. The van der Waals surface area contributed by atoms with Crippen molar-refractivity contribution in [3.63, 3.8) is 0 Å². The van der Waals surface area contributed by atoms with Crippen LogP contribution >= 0.6 is 11.6 Å². The number of hydrogen-bond donors (Lipinski definition) is 1. The molecule has 160 valence electrons. The molecule has 2 rings (SSSR count). The van der Waals surface area contributed by atoms with Crippen molar-refractivity contribution in [2.75, 3.05) is 13.2 Å². The molecule has 0 spiro atoms. The van der Waals surface area contributed by atoms with E-state index in [0.29, 0.717) is 21.9 Å². The van der Waals surface area contributed by atoms with Crippen LogP contribution in [0, 0.1) is 0 Å². The van der Waals surface area contributed by atoms with Crippen LogP contribution in [-0.4, -0.2) is 37.4 Å². The molecule has 0 atom stereocenters. The fourth-order valence-corrected chi connectivity index (χ4v) is 2.24. The Labute approximate surface area is 174 Å². The average molecular weight is 445 g/mol. The second kappa shape index (κ2) is 10.5. The van der Waals surface area contributed by atoms with Gasteiger partial charge in [-0.3, -0.25) is 0 Å². The van der Waals surface area contributed by atoms with Crippen molar-refractivity contribution in [1.82, 2.24) is 5.43 Å². The number of halogens is 4. The summed E-state index contributed by atoms with van der Waals surface area (Å²) in [6, 6.07) is 12.3. The molecule has 2 aromatic rings. The molecule has 11 heteroatoms. The highest BCUT2D eigenvalue weighted by atomic mass is 35.5. The van der Waals surface area contributed by atoms with Crippen LogP contribution in [0.2, 0.25) is 5.02 Å². The Hall–Kier alpha value is -3.27. The third-order valence-electron chi connectivity index (χ3n) is 3.33. The van der Waals surface area contributed by atoms with E-state index in [0.717, 1.165) is 0 Å². The third-order valence-corrected chi connectivity index (χ3v) is 3.59. The van der Waals surface area contributed by atoms with Gasteiger partial charge in [0.05, 0.1) is 12.3 Å². The predicted octanol–water partition coefficient (Wildman–Crippen LogP) is 4.92. The van der Waals surface area contributed by atoms with E-state index in [2.05, 4.69) is 20.0 Å². The zero-order valence-corrected chi connectivity index (χ0v) is 16.3. The van der Waals surface area contributed by atoms with Crippen molar-refractivity contribution in [2.45, 2.75) is 13.1 Å². The average Bonchev–Trinajstić information content (AvgIpc) is 2.69. The van der Waals surface area contributed by atoms with E-state index in [1.54, 1.807) is 31.2 Å². The number of carbonyl (C=O) groups excluding carboxylic acids is 2. The summed E-state index contributed by atoms with van der Waals surface area (Å²) in [4.78, 5) is 22.9. The molecule has 0 aliphatic heterocycles. The summed E-state index contributed by atoms with van der Waals surface area (Å²) in [6.07, 6.45) is -6.90. The molecule has 0 fully saturated rings. The first-order valence-corrected chi connectivity index (χ1v) is 8.84. The minimum atomic E-state index is -4.65. The number of rotatable bonds is 6. The molecule has 0 unspecified atom stereocenters. The van der Waals surface area contributed by atoms with Gasteiger partial charge >= 0.3 is 18.4 Å². The van der Waals surface area contributed by atoms with Crippen LogP contribution in [0.15, 0.2) is 53.6 Å². The van der Waals surface area contributed by atoms with Gasteiger partial charge in [-0.2, -0.15) is 18.3 Å². The highest BCUT2D eigenvalue weighted by Gasteiger charge is 2.30. The molecular weight excluding hydrogens is 429 g/mol. The van der Waals surface area contributed by atoms with Crippen LogP contribution in [0.1, 0.15) is 18.1 Å². The lowest BCUT2D eigenvalue weighted by Gasteiger charge is -2.10. The highest BCUT2D eigenvalue weighted by molar-refractivity contribution is 6.30. The van der Waals surface area contributed by atoms with Gasteiger partial charge in [-0.05, 0) is 43.3 Å². The number of nitrogens with one attached hydrogen (secondary N) is 1. The Morgan fingerprint density at radius 1 is 1.00 bits per heavy atom. The second-order valence-electron chi connectivity index (χ2n) is 5.58. The Bertz CT molecular complexity index is 900. The molecule has 0 saturated heterocycles. The van der Waals surface area contributed by atoms with Crippen molar-refractivity contribution >= 4 is 29.6 Å². The first-order valence-electron chi connectivity index (χ1n) is 8.46. The number of carbonyl (C=O) groups is 2. The Balaban J connectivity index is 2.18. The van der Waals surface area contributed by atoms with E-state index >= 15 is 0 Å². The lowest BCUT2D eigenvalue weighted by Crippen LogP contribution is -2.22. The van der Waals surface area contributed by atoms with Crippen molar-refractivity contribution < 1.29 is 37.0 Å². The molecule has 0 aromatic heterocycles. The first kappa shape index (κ1) is 23.0. The molecule has 0 aliphatic carbocycles. The van der Waals surface area contributed by atoms with Crippen molar-refractivity contribution in [2.24, 2.45) is 5.10 Å². The summed E-state index contributed by atoms with van der Waals surface area (Å²) in [5, 5.41) is 4.55. The zero-order valence-electron chi connectivity index (χ0n) is 15.5. The van der Waals surface area contributed by atoms with Crippen LogP contribution in [0.25, 0.3) is 0 Å². The number of hydrazone groups is 1. The van der Waals surface area contributed by atoms with Gasteiger partial charge in [-0.1, -0.05) is 23.7 Å². The molecule has 1 N–H and O–H groups in total. The van der Waals surface area contributed by atoms with E-state index in [9.17, 15) is 22.8 Å². The number of nitrogens with zero attached hydrogens (tertiary/aromatic N) is 1. The van der Waals surface area contributed by atoms with Gasteiger partial charge in [0.15, 0.2) is 6.61 Å². The van der Waals surface area contributed by atoms with Gasteiger partial charge in [0, 0.05) is 16.1 Å². The topological polar surface area (TPSA) is 86.2 Å². The third kappa shape index (κ3) is 7.63. The lowest BCUT2D eigenvalue weighted by atomic mass is 10.0. The highest BCUT2D eigenvalue weighted by Crippen LogP contribution is 2.19.